The Morgan fingerprint density at radius 2 is 2.00 bits per heavy atom. The largest absolute Gasteiger partial charge is 0.497 e. The Morgan fingerprint density at radius 1 is 1.24 bits per heavy atom. The third-order valence-electron chi connectivity index (χ3n) is 2.69. The first-order valence-electron chi connectivity index (χ1n) is 5.09. The molecule has 17 heavy (non-hydrogen) atoms. The zero-order valence-electron chi connectivity index (χ0n) is 9.25. The summed E-state index contributed by atoms with van der Waals surface area (Å²) in [6, 6.07) is 8.49. The summed E-state index contributed by atoms with van der Waals surface area (Å²) in [7, 11) is -0.116. The van der Waals surface area contributed by atoms with Gasteiger partial charge in [-0.1, -0.05) is 18.2 Å². The summed E-state index contributed by atoms with van der Waals surface area (Å²) in [5.41, 5.74) is 0.498. The van der Waals surface area contributed by atoms with Crippen molar-refractivity contribution < 1.29 is 19.6 Å². The number of hydrogen-bond acceptors (Lipinski definition) is 4. The number of carbonyl (C=O) groups excluding carboxylic acids is 1. The van der Waals surface area contributed by atoms with Gasteiger partial charge in [-0.05, 0) is 22.9 Å². The van der Waals surface area contributed by atoms with Crippen molar-refractivity contribution in [2.75, 3.05) is 7.11 Å². The van der Waals surface area contributed by atoms with Crippen molar-refractivity contribution in [2.45, 2.75) is 0 Å². The molecule has 0 atom stereocenters. The zero-order chi connectivity index (χ0) is 12.4. The molecule has 2 aromatic rings. The number of benzene rings is 2. The molecule has 0 bridgehead atoms. The van der Waals surface area contributed by atoms with Gasteiger partial charge in [-0.2, -0.15) is 0 Å². The van der Waals surface area contributed by atoms with Crippen molar-refractivity contribution in [3.8, 4) is 5.75 Å². The van der Waals surface area contributed by atoms with Crippen molar-refractivity contribution >= 4 is 29.6 Å². The second kappa shape index (κ2) is 4.57. The first-order chi connectivity index (χ1) is 8.17. The van der Waals surface area contributed by atoms with E-state index in [0.717, 1.165) is 5.39 Å². The van der Waals surface area contributed by atoms with E-state index in [1.807, 2.05) is 0 Å². The highest BCUT2D eigenvalue weighted by molar-refractivity contribution is 6.63. The van der Waals surface area contributed by atoms with Crippen LogP contribution in [-0.2, 0) is 0 Å². The fourth-order valence-corrected chi connectivity index (χ4v) is 1.87. The Balaban J connectivity index is 2.77. The first kappa shape index (κ1) is 11.6. The SMILES string of the molecule is COc1ccc2c(B(O)O)c(C=O)ccc2c1. The molecule has 0 amide bonds. The molecule has 0 aliphatic rings. The number of carbonyl (C=O) groups is 1. The third kappa shape index (κ3) is 2.02. The molecule has 0 aromatic heterocycles. The monoisotopic (exact) mass is 230 g/mol. The van der Waals surface area contributed by atoms with Crippen LogP contribution in [0, 0.1) is 0 Å². The Kier molecular flexibility index (Phi) is 3.13. The van der Waals surface area contributed by atoms with E-state index in [-0.39, 0.29) is 11.0 Å². The Morgan fingerprint density at radius 3 is 2.59 bits per heavy atom. The van der Waals surface area contributed by atoms with Crippen molar-refractivity contribution in [1.29, 1.82) is 0 Å². The van der Waals surface area contributed by atoms with Gasteiger partial charge >= 0.3 is 7.12 Å². The molecular formula is C12H11BO4. The van der Waals surface area contributed by atoms with Gasteiger partial charge < -0.3 is 14.8 Å². The molecule has 0 saturated carbocycles. The molecule has 0 unspecified atom stereocenters. The van der Waals surface area contributed by atoms with Gasteiger partial charge in [-0.3, -0.25) is 4.79 Å². The molecule has 0 aliphatic heterocycles. The maximum atomic E-state index is 10.9. The van der Waals surface area contributed by atoms with Gasteiger partial charge in [0.1, 0.15) is 12.0 Å². The summed E-state index contributed by atoms with van der Waals surface area (Å²) in [5, 5.41) is 20.1. The molecule has 0 aliphatic carbocycles. The molecule has 0 spiro atoms. The first-order valence-corrected chi connectivity index (χ1v) is 5.09. The van der Waals surface area contributed by atoms with Gasteiger partial charge in [0, 0.05) is 11.0 Å². The molecular weight excluding hydrogens is 219 g/mol. The normalized spacial score (nSPS) is 10.3. The molecule has 0 heterocycles. The number of fused-ring (bicyclic) bond motifs is 1. The number of hydrogen-bond donors (Lipinski definition) is 2. The molecule has 2 rings (SSSR count). The van der Waals surface area contributed by atoms with Crippen molar-refractivity contribution in [1.82, 2.24) is 0 Å². The van der Waals surface area contributed by atoms with Crippen LogP contribution in [0.3, 0.4) is 0 Å². The van der Waals surface area contributed by atoms with E-state index in [9.17, 15) is 14.8 Å². The standard InChI is InChI=1S/C12H11BO4/c1-17-10-4-5-11-8(6-10)2-3-9(7-14)12(11)13(15)16/h2-7,15-16H,1H3. The van der Waals surface area contributed by atoms with Crippen LogP contribution < -0.4 is 10.2 Å². The summed E-state index contributed by atoms with van der Waals surface area (Å²) >= 11 is 0. The van der Waals surface area contributed by atoms with E-state index in [4.69, 9.17) is 4.74 Å². The molecule has 0 radical (unpaired) electrons. The van der Waals surface area contributed by atoms with E-state index in [2.05, 4.69) is 0 Å². The van der Waals surface area contributed by atoms with E-state index in [0.29, 0.717) is 17.4 Å². The number of rotatable bonds is 3. The molecule has 2 aromatic carbocycles. The summed E-state index contributed by atoms with van der Waals surface area (Å²) in [5.74, 6) is 0.676. The molecule has 2 N–H and O–H groups in total. The Hall–Kier alpha value is -1.85. The van der Waals surface area contributed by atoms with Crippen LogP contribution in [0.25, 0.3) is 10.8 Å². The minimum atomic E-state index is -1.67. The predicted octanol–water partition coefficient (Wildman–Crippen LogP) is 0.341. The van der Waals surface area contributed by atoms with Crippen molar-refractivity contribution in [2.24, 2.45) is 0 Å². The van der Waals surface area contributed by atoms with Crippen molar-refractivity contribution in [3.63, 3.8) is 0 Å². The van der Waals surface area contributed by atoms with Gasteiger partial charge in [0.2, 0.25) is 0 Å². The summed E-state index contributed by atoms with van der Waals surface area (Å²) < 4.78 is 5.08. The van der Waals surface area contributed by atoms with Crippen LogP contribution in [0.5, 0.6) is 5.75 Å². The number of ether oxygens (including phenoxy) is 1. The topological polar surface area (TPSA) is 66.8 Å². The highest BCUT2D eigenvalue weighted by Crippen LogP contribution is 2.20. The highest BCUT2D eigenvalue weighted by atomic mass is 16.5. The Labute approximate surface area is 98.6 Å². The lowest BCUT2D eigenvalue weighted by molar-refractivity contribution is 0.112. The van der Waals surface area contributed by atoms with E-state index >= 15 is 0 Å². The third-order valence-corrected chi connectivity index (χ3v) is 2.69. The molecule has 86 valence electrons. The number of methoxy groups -OCH3 is 1. The minimum absolute atomic E-state index is 0.222. The lowest BCUT2D eigenvalue weighted by atomic mass is 9.74. The van der Waals surface area contributed by atoms with Crippen LogP contribution in [0.15, 0.2) is 30.3 Å². The fourth-order valence-electron chi connectivity index (χ4n) is 1.87. The number of aldehydes is 1. The minimum Gasteiger partial charge on any atom is -0.497 e. The van der Waals surface area contributed by atoms with Gasteiger partial charge in [0.05, 0.1) is 7.11 Å². The van der Waals surface area contributed by atoms with Gasteiger partial charge in [0.15, 0.2) is 0 Å². The van der Waals surface area contributed by atoms with Gasteiger partial charge in [-0.25, -0.2) is 0 Å². The zero-order valence-corrected chi connectivity index (χ0v) is 9.25. The van der Waals surface area contributed by atoms with Crippen LogP contribution in [0.4, 0.5) is 0 Å². The average Bonchev–Trinajstić information content (AvgIpc) is 2.36. The maximum Gasteiger partial charge on any atom is 0.489 e. The summed E-state index contributed by atoms with van der Waals surface area (Å²) in [6.45, 7) is 0. The smallest absolute Gasteiger partial charge is 0.489 e. The van der Waals surface area contributed by atoms with Crippen LogP contribution >= 0.6 is 0 Å². The van der Waals surface area contributed by atoms with E-state index in [1.165, 1.54) is 0 Å². The van der Waals surface area contributed by atoms with Crippen LogP contribution in [0.1, 0.15) is 10.4 Å². The second-order valence-corrected chi connectivity index (χ2v) is 3.65. The van der Waals surface area contributed by atoms with Crippen LogP contribution in [0.2, 0.25) is 0 Å². The molecule has 0 fully saturated rings. The van der Waals surface area contributed by atoms with E-state index in [1.54, 1.807) is 37.4 Å². The quantitative estimate of drug-likeness (QED) is 0.589. The predicted molar refractivity (Wildman–Crippen MR) is 65.7 cm³/mol. The fraction of sp³-hybridized carbons (Fsp3) is 0.0833. The molecule has 0 saturated heterocycles. The highest BCUT2D eigenvalue weighted by Gasteiger charge is 2.19. The molecule has 4 nitrogen and oxygen atoms in total. The van der Waals surface area contributed by atoms with Crippen molar-refractivity contribution in [3.05, 3.63) is 35.9 Å². The van der Waals surface area contributed by atoms with Gasteiger partial charge in [0.25, 0.3) is 0 Å². The lowest BCUT2D eigenvalue weighted by Crippen LogP contribution is -2.33. The Bertz CT molecular complexity index is 566. The second-order valence-electron chi connectivity index (χ2n) is 3.65. The summed E-state index contributed by atoms with van der Waals surface area (Å²) in [4.78, 5) is 10.9. The maximum absolute atomic E-state index is 10.9. The molecule has 5 heteroatoms. The van der Waals surface area contributed by atoms with E-state index < -0.39 is 7.12 Å². The average molecular weight is 230 g/mol. The lowest BCUT2D eigenvalue weighted by Gasteiger charge is -2.09. The van der Waals surface area contributed by atoms with Gasteiger partial charge in [-0.15, -0.1) is 0 Å². The summed E-state index contributed by atoms with van der Waals surface area (Å²) in [6.07, 6.45) is 0.610. The van der Waals surface area contributed by atoms with Crippen LogP contribution in [-0.4, -0.2) is 30.6 Å².